The first kappa shape index (κ1) is 21.2. The first-order chi connectivity index (χ1) is 12.7. The van der Waals surface area contributed by atoms with Gasteiger partial charge in [-0.3, -0.25) is 9.59 Å². The first-order valence-electron chi connectivity index (χ1n) is 11.1. The van der Waals surface area contributed by atoms with Crippen molar-refractivity contribution in [3.8, 4) is 0 Å². The van der Waals surface area contributed by atoms with E-state index in [1.54, 1.807) is 4.90 Å². The third-order valence-electron chi connectivity index (χ3n) is 5.79. The van der Waals surface area contributed by atoms with Gasteiger partial charge in [0.25, 0.3) is 0 Å². The molecule has 0 bridgehead atoms. The molecule has 2 fully saturated rings. The molecule has 0 unspecified atom stereocenters. The summed E-state index contributed by atoms with van der Waals surface area (Å²) in [6, 6.07) is -0.291. The molecule has 2 atom stereocenters. The van der Waals surface area contributed by atoms with Crippen molar-refractivity contribution in [2.75, 3.05) is 19.6 Å². The van der Waals surface area contributed by atoms with Crippen LogP contribution in [-0.4, -0.2) is 48.4 Å². The van der Waals surface area contributed by atoms with Crippen LogP contribution in [0.2, 0.25) is 0 Å². The number of nitrogens with zero attached hydrogens (tertiary/aromatic N) is 1. The third kappa shape index (κ3) is 6.90. The molecule has 2 saturated heterocycles. The van der Waals surface area contributed by atoms with Gasteiger partial charge in [0.05, 0.1) is 6.04 Å². The number of likely N-dealkylation sites (tertiary alicyclic amines) is 1. The van der Waals surface area contributed by atoms with Crippen LogP contribution in [0.25, 0.3) is 0 Å². The molecule has 2 N–H and O–H groups in total. The van der Waals surface area contributed by atoms with Crippen molar-refractivity contribution in [3.63, 3.8) is 0 Å². The topological polar surface area (TPSA) is 61.4 Å². The van der Waals surface area contributed by atoms with E-state index in [0.29, 0.717) is 0 Å². The van der Waals surface area contributed by atoms with E-state index < -0.39 is 0 Å². The SMILES string of the molecule is CCCCCCCCCCCCNC(=O)[C@@H]1CCN1C(=O)[C@@H]1CCCN1. The Kier molecular flexibility index (Phi) is 10.0. The summed E-state index contributed by atoms with van der Waals surface area (Å²) < 4.78 is 0. The first-order valence-corrected chi connectivity index (χ1v) is 11.1. The predicted molar refractivity (Wildman–Crippen MR) is 106 cm³/mol. The van der Waals surface area contributed by atoms with Gasteiger partial charge in [-0.1, -0.05) is 64.7 Å². The molecule has 2 rings (SSSR count). The number of carbonyl (C=O) groups excluding carboxylic acids is 2. The highest BCUT2D eigenvalue weighted by Gasteiger charge is 2.40. The van der Waals surface area contributed by atoms with Crippen LogP contribution in [0.3, 0.4) is 0 Å². The maximum Gasteiger partial charge on any atom is 0.242 e. The van der Waals surface area contributed by atoms with E-state index in [1.807, 2.05) is 0 Å². The Morgan fingerprint density at radius 2 is 1.62 bits per heavy atom. The van der Waals surface area contributed by atoms with Gasteiger partial charge in [0.1, 0.15) is 6.04 Å². The molecule has 2 heterocycles. The van der Waals surface area contributed by atoms with Gasteiger partial charge in [0.15, 0.2) is 0 Å². The van der Waals surface area contributed by atoms with Crippen LogP contribution in [0.4, 0.5) is 0 Å². The highest BCUT2D eigenvalue weighted by atomic mass is 16.2. The zero-order chi connectivity index (χ0) is 18.6. The second kappa shape index (κ2) is 12.3. The molecule has 2 aliphatic rings. The van der Waals surface area contributed by atoms with Crippen molar-refractivity contribution >= 4 is 11.8 Å². The molecule has 0 aromatic rings. The third-order valence-corrected chi connectivity index (χ3v) is 5.79. The molecule has 0 aromatic carbocycles. The van der Waals surface area contributed by atoms with Crippen LogP contribution in [0.5, 0.6) is 0 Å². The summed E-state index contributed by atoms with van der Waals surface area (Å²) >= 11 is 0. The summed E-state index contributed by atoms with van der Waals surface area (Å²) in [6.07, 6.45) is 15.8. The molecule has 5 heteroatoms. The van der Waals surface area contributed by atoms with E-state index in [9.17, 15) is 9.59 Å². The van der Waals surface area contributed by atoms with Crippen LogP contribution in [0.1, 0.15) is 90.4 Å². The van der Waals surface area contributed by atoms with Gasteiger partial charge < -0.3 is 15.5 Å². The van der Waals surface area contributed by atoms with Crippen molar-refractivity contribution in [2.24, 2.45) is 0 Å². The molecule has 0 saturated carbocycles. The molecule has 0 radical (unpaired) electrons. The molecule has 150 valence electrons. The van der Waals surface area contributed by atoms with E-state index in [-0.39, 0.29) is 23.9 Å². The predicted octanol–water partition coefficient (Wildman–Crippen LogP) is 3.38. The number of nitrogens with one attached hydrogen (secondary N) is 2. The monoisotopic (exact) mass is 365 g/mol. The summed E-state index contributed by atoms with van der Waals surface area (Å²) in [7, 11) is 0. The minimum atomic E-state index is -0.229. The van der Waals surface area contributed by atoms with Crippen molar-refractivity contribution < 1.29 is 9.59 Å². The van der Waals surface area contributed by atoms with Gasteiger partial charge in [0, 0.05) is 13.1 Å². The molecule has 2 amide bonds. The molecule has 26 heavy (non-hydrogen) atoms. The minimum Gasteiger partial charge on any atom is -0.354 e. The number of carbonyl (C=O) groups is 2. The highest BCUT2D eigenvalue weighted by molar-refractivity contribution is 5.91. The van der Waals surface area contributed by atoms with Gasteiger partial charge in [0.2, 0.25) is 11.8 Å². The molecule has 0 aromatic heterocycles. The van der Waals surface area contributed by atoms with Crippen molar-refractivity contribution in [2.45, 2.75) is 102 Å². The Morgan fingerprint density at radius 1 is 0.962 bits per heavy atom. The summed E-state index contributed by atoms with van der Waals surface area (Å²) in [5.74, 6) is 0.159. The minimum absolute atomic E-state index is 0.0403. The second-order valence-electron chi connectivity index (χ2n) is 7.96. The summed E-state index contributed by atoms with van der Waals surface area (Å²) in [6.45, 7) is 4.65. The molecule has 2 aliphatic heterocycles. The Hall–Kier alpha value is -1.10. The molecule has 5 nitrogen and oxygen atoms in total. The van der Waals surface area contributed by atoms with E-state index >= 15 is 0 Å². The van der Waals surface area contributed by atoms with Crippen LogP contribution in [0.15, 0.2) is 0 Å². The lowest BCUT2D eigenvalue weighted by molar-refractivity contribution is -0.148. The smallest absolute Gasteiger partial charge is 0.242 e. The fourth-order valence-electron chi connectivity index (χ4n) is 3.96. The standard InChI is InChI=1S/C21H39N3O2/c1-2-3-4-5-6-7-8-9-10-11-15-23-20(25)19-14-17-24(19)21(26)18-13-12-16-22-18/h18-19,22H,2-17H2,1H3,(H,23,25)/t18-,19-/m0/s1. The fourth-order valence-corrected chi connectivity index (χ4v) is 3.96. The van der Waals surface area contributed by atoms with Crippen LogP contribution in [0, 0.1) is 0 Å². The molecular formula is C21H39N3O2. The Bertz CT molecular complexity index is 421. The van der Waals surface area contributed by atoms with Crippen LogP contribution < -0.4 is 10.6 Å². The zero-order valence-electron chi connectivity index (χ0n) is 16.7. The Morgan fingerprint density at radius 3 is 2.15 bits per heavy atom. The van der Waals surface area contributed by atoms with Gasteiger partial charge >= 0.3 is 0 Å². The van der Waals surface area contributed by atoms with E-state index in [2.05, 4.69) is 17.6 Å². The van der Waals surface area contributed by atoms with Crippen LogP contribution >= 0.6 is 0 Å². The van der Waals surface area contributed by atoms with Gasteiger partial charge in [-0.25, -0.2) is 0 Å². The second-order valence-corrected chi connectivity index (χ2v) is 7.96. The van der Waals surface area contributed by atoms with E-state index in [1.165, 1.54) is 57.8 Å². The number of hydrogen-bond acceptors (Lipinski definition) is 3. The maximum absolute atomic E-state index is 12.4. The normalized spacial score (nSPS) is 22.3. The van der Waals surface area contributed by atoms with Gasteiger partial charge in [-0.15, -0.1) is 0 Å². The quantitative estimate of drug-likeness (QED) is 0.492. The number of hydrogen-bond donors (Lipinski definition) is 2. The average Bonchev–Trinajstić information content (AvgIpc) is 3.13. The average molecular weight is 366 g/mol. The summed E-state index contributed by atoms with van der Waals surface area (Å²) in [5, 5.41) is 6.26. The molecular weight excluding hydrogens is 326 g/mol. The van der Waals surface area contributed by atoms with Crippen molar-refractivity contribution in [3.05, 3.63) is 0 Å². The largest absolute Gasteiger partial charge is 0.354 e. The van der Waals surface area contributed by atoms with Crippen molar-refractivity contribution in [1.29, 1.82) is 0 Å². The number of unbranched alkanes of at least 4 members (excludes halogenated alkanes) is 9. The summed E-state index contributed by atoms with van der Waals surface area (Å²) in [5.41, 5.74) is 0. The fraction of sp³-hybridized carbons (Fsp3) is 0.905. The van der Waals surface area contributed by atoms with Crippen molar-refractivity contribution in [1.82, 2.24) is 15.5 Å². The lowest BCUT2D eigenvalue weighted by Crippen LogP contribution is -2.61. The highest BCUT2D eigenvalue weighted by Crippen LogP contribution is 2.21. The Balaban J connectivity index is 1.45. The number of rotatable bonds is 13. The maximum atomic E-state index is 12.4. The molecule has 0 aliphatic carbocycles. The zero-order valence-corrected chi connectivity index (χ0v) is 16.7. The lowest BCUT2D eigenvalue weighted by Gasteiger charge is -2.41. The van der Waals surface area contributed by atoms with Gasteiger partial charge in [-0.05, 0) is 32.2 Å². The van der Waals surface area contributed by atoms with E-state index in [0.717, 1.165) is 45.3 Å². The Labute approximate surface area is 159 Å². The van der Waals surface area contributed by atoms with Gasteiger partial charge in [-0.2, -0.15) is 0 Å². The van der Waals surface area contributed by atoms with Crippen LogP contribution in [-0.2, 0) is 9.59 Å². The number of amides is 2. The lowest BCUT2D eigenvalue weighted by atomic mass is 10.00. The van der Waals surface area contributed by atoms with E-state index in [4.69, 9.17) is 0 Å². The molecule has 0 spiro atoms. The summed E-state index contributed by atoms with van der Waals surface area (Å²) in [4.78, 5) is 26.4.